The van der Waals surface area contributed by atoms with Crippen LogP contribution in [0.25, 0.3) is 0 Å². The highest BCUT2D eigenvalue weighted by Gasteiger charge is 2.28. The molecule has 10 heteroatoms. The number of hydrogen-bond acceptors (Lipinski definition) is 5. The Morgan fingerprint density at radius 3 is 2.33 bits per heavy atom. The third-order valence-electron chi connectivity index (χ3n) is 4.98. The molecule has 0 atom stereocenters. The van der Waals surface area contributed by atoms with Gasteiger partial charge in [-0.3, -0.25) is 13.9 Å². The first-order valence-electron chi connectivity index (χ1n) is 11.1. The van der Waals surface area contributed by atoms with E-state index in [0.29, 0.717) is 12.4 Å². The summed E-state index contributed by atoms with van der Waals surface area (Å²) < 4.78 is 46.7. The summed E-state index contributed by atoms with van der Waals surface area (Å²) in [5.74, 6) is -1.17. The van der Waals surface area contributed by atoms with Crippen molar-refractivity contribution >= 4 is 33.2 Å². The fourth-order valence-corrected chi connectivity index (χ4v) is 4.72. The zero-order valence-electron chi connectivity index (χ0n) is 19.6. The van der Waals surface area contributed by atoms with Crippen LogP contribution in [-0.2, 0) is 14.8 Å². The van der Waals surface area contributed by atoms with Gasteiger partial charge in [0.25, 0.3) is 15.9 Å². The lowest BCUT2D eigenvalue weighted by atomic mass is 10.1. The van der Waals surface area contributed by atoms with Gasteiger partial charge in [-0.15, -0.1) is 6.58 Å². The van der Waals surface area contributed by atoms with Crippen molar-refractivity contribution in [1.29, 1.82) is 0 Å². The van der Waals surface area contributed by atoms with E-state index in [1.54, 1.807) is 24.3 Å². The number of nitrogens with one attached hydrogen (secondary N) is 2. The molecule has 8 nitrogen and oxygen atoms in total. The lowest BCUT2D eigenvalue weighted by molar-refractivity contribution is -0.114. The van der Waals surface area contributed by atoms with Gasteiger partial charge in [0.1, 0.15) is 18.1 Å². The van der Waals surface area contributed by atoms with Gasteiger partial charge >= 0.3 is 0 Å². The molecule has 2 N–H and O–H groups in total. The number of halogens is 1. The van der Waals surface area contributed by atoms with E-state index in [2.05, 4.69) is 17.2 Å². The molecule has 0 aromatic heterocycles. The molecule has 0 heterocycles. The molecule has 3 rings (SSSR count). The first-order chi connectivity index (χ1) is 17.3. The Kier molecular flexibility index (Phi) is 8.80. The van der Waals surface area contributed by atoms with Crippen molar-refractivity contribution < 1.29 is 27.1 Å². The molecule has 36 heavy (non-hydrogen) atoms. The number of benzene rings is 3. The highest BCUT2D eigenvalue weighted by atomic mass is 32.2. The second-order valence-electron chi connectivity index (χ2n) is 7.48. The number of anilines is 2. The van der Waals surface area contributed by atoms with Crippen molar-refractivity contribution in [1.82, 2.24) is 5.32 Å². The summed E-state index contributed by atoms with van der Waals surface area (Å²) in [6.07, 6.45) is 1.52. The Morgan fingerprint density at radius 1 is 1.03 bits per heavy atom. The van der Waals surface area contributed by atoms with E-state index < -0.39 is 34.2 Å². The number of carbonyl (C=O) groups excluding carboxylic acids is 2. The minimum atomic E-state index is -4.25. The van der Waals surface area contributed by atoms with Gasteiger partial charge in [0.15, 0.2) is 0 Å². The van der Waals surface area contributed by atoms with E-state index in [9.17, 15) is 22.4 Å². The molecular formula is C26H26FN3O5S. The maximum Gasteiger partial charge on any atom is 0.264 e. The van der Waals surface area contributed by atoms with E-state index in [1.165, 1.54) is 30.3 Å². The van der Waals surface area contributed by atoms with E-state index in [1.807, 2.05) is 6.92 Å². The predicted molar refractivity (Wildman–Crippen MR) is 136 cm³/mol. The summed E-state index contributed by atoms with van der Waals surface area (Å²) in [5, 5.41) is 5.25. The average molecular weight is 512 g/mol. The highest BCUT2D eigenvalue weighted by molar-refractivity contribution is 7.92. The van der Waals surface area contributed by atoms with Crippen LogP contribution in [0.2, 0.25) is 0 Å². The first kappa shape index (κ1) is 26.4. The molecule has 0 bridgehead atoms. The number of nitrogens with zero attached hydrogens (tertiary/aromatic N) is 1. The van der Waals surface area contributed by atoms with Gasteiger partial charge in [-0.2, -0.15) is 0 Å². The van der Waals surface area contributed by atoms with Crippen molar-refractivity contribution in [3.05, 3.63) is 96.8 Å². The largest absolute Gasteiger partial charge is 0.494 e. The summed E-state index contributed by atoms with van der Waals surface area (Å²) in [5.41, 5.74) is 0.631. The number of para-hydroxylation sites is 1. The number of sulfonamides is 1. The topological polar surface area (TPSA) is 105 Å². The molecule has 0 saturated heterocycles. The average Bonchev–Trinajstić information content (AvgIpc) is 2.87. The van der Waals surface area contributed by atoms with Crippen LogP contribution in [0, 0.1) is 5.82 Å². The standard InChI is InChI=1S/C26H26FN3O5S/c1-3-17-28-26(32)23-7-5-6-8-24(23)29-25(31)18-30(20-11-13-21(14-12-20)35-4-2)36(33,34)22-15-9-19(27)10-16-22/h3,5-16H,1,4,17-18H2,2H3,(H,28,32)(H,29,31). The quantitative estimate of drug-likeness (QED) is 0.379. The fourth-order valence-electron chi connectivity index (χ4n) is 3.29. The molecular weight excluding hydrogens is 485 g/mol. The molecule has 0 fully saturated rings. The van der Waals surface area contributed by atoms with E-state index >= 15 is 0 Å². The lowest BCUT2D eigenvalue weighted by Crippen LogP contribution is -2.38. The first-order valence-corrected chi connectivity index (χ1v) is 12.5. The predicted octanol–water partition coefficient (Wildman–Crippen LogP) is 3.97. The summed E-state index contributed by atoms with van der Waals surface area (Å²) >= 11 is 0. The maximum absolute atomic E-state index is 13.5. The molecule has 0 spiro atoms. The maximum atomic E-state index is 13.5. The summed E-state index contributed by atoms with van der Waals surface area (Å²) in [6, 6.07) is 16.9. The molecule has 188 valence electrons. The van der Waals surface area contributed by atoms with Gasteiger partial charge in [-0.25, -0.2) is 12.8 Å². The third kappa shape index (κ3) is 6.48. The third-order valence-corrected chi connectivity index (χ3v) is 6.77. The number of carbonyl (C=O) groups is 2. The monoisotopic (exact) mass is 511 g/mol. The van der Waals surface area contributed by atoms with Gasteiger partial charge in [0.05, 0.1) is 28.4 Å². The van der Waals surface area contributed by atoms with Crippen LogP contribution >= 0.6 is 0 Å². The van der Waals surface area contributed by atoms with Crippen molar-refractivity contribution in [2.24, 2.45) is 0 Å². The number of rotatable bonds is 11. The van der Waals surface area contributed by atoms with Crippen LogP contribution in [0.5, 0.6) is 5.75 Å². The summed E-state index contributed by atoms with van der Waals surface area (Å²) in [7, 11) is -4.25. The Morgan fingerprint density at radius 2 is 1.69 bits per heavy atom. The molecule has 0 radical (unpaired) electrons. The summed E-state index contributed by atoms with van der Waals surface area (Å²) in [4.78, 5) is 25.3. The second kappa shape index (κ2) is 12.0. The Bertz CT molecular complexity index is 1330. The van der Waals surface area contributed by atoms with E-state index in [0.717, 1.165) is 28.6 Å². The molecule has 2 amide bonds. The SMILES string of the molecule is C=CCNC(=O)c1ccccc1NC(=O)CN(c1ccc(OCC)cc1)S(=O)(=O)c1ccc(F)cc1. The molecule has 0 aliphatic rings. The van der Waals surface area contributed by atoms with Crippen molar-refractivity contribution in [2.75, 3.05) is 29.3 Å². The highest BCUT2D eigenvalue weighted by Crippen LogP contribution is 2.26. The zero-order chi connectivity index (χ0) is 26.1. The minimum Gasteiger partial charge on any atom is -0.494 e. The molecule has 0 saturated carbocycles. The molecule has 3 aromatic carbocycles. The van der Waals surface area contributed by atoms with E-state index in [4.69, 9.17) is 4.74 Å². The van der Waals surface area contributed by atoms with Crippen molar-refractivity contribution in [3.8, 4) is 5.75 Å². The van der Waals surface area contributed by atoms with E-state index in [-0.39, 0.29) is 28.4 Å². The van der Waals surface area contributed by atoms with Crippen molar-refractivity contribution in [3.63, 3.8) is 0 Å². The van der Waals surface area contributed by atoms with Gasteiger partial charge in [0.2, 0.25) is 5.91 Å². The van der Waals surface area contributed by atoms with Crippen LogP contribution in [-0.4, -0.2) is 39.9 Å². The number of ether oxygens (including phenoxy) is 1. The second-order valence-corrected chi connectivity index (χ2v) is 9.35. The fraction of sp³-hybridized carbons (Fsp3) is 0.154. The van der Waals surface area contributed by atoms with Crippen LogP contribution in [0.1, 0.15) is 17.3 Å². The van der Waals surface area contributed by atoms with Gasteiger partial charge in [0, 0.05) is 6.54 Å². The lowest BCUT2D eigenvalue weighted by Gasteiger charge is -2.24. The Labute approximate surface area is 209 Å². The molecule has 3 aromatic rings. The molecule has 0 aliphatic carbocycles. The van der Waals surface area contributed by atoms with Crippen LogP contribution in [0.4, 0.5) is 15.8 Å². The van der Waals surface area contributed by atoms with Crippen molar-refractivity contribution in [2.45, 2.75) is 11.8 Å². The van der Waals surface area contributed by atoms with Crippen LogP contribution < -0.4 is 19.7 Å². The molecule has 0 aliphatic heterocycles. The molecule has 0 unspecified atom stereocenters. The van der Waals surface area contributed by atoms with Gasteiger partial charge in [-0.1, -0.05) is 18.2 Å². The minimum absolute atomic E-state index is 0.185. The number of hydrogen-bond donors (Lipinski definition) is 2. The Balaban J connectivity index is 1.92. The normalized spacial score (nSPS) is 10.8. The van der Waals surface area contributed by atoms with Gasteiger partial charge in [-0.05, 0) is 67.6 Å². The summed E-state index contributed by atoms with van der Waals surface area (Å²) in [6.45, 7) is 5.44. The van der Waals surface area contributed by atoms with Gasteiger partial charge < -0.3 is 15.4 Å². The number of amides is 2. The zero-order valence-corrected chi connectivity index (χ0v) is 20.4. The smallest absolute Gasteiger partial charge is 0.264 e. The van der Waals surface area contributed by atoms with Crippen LogP contribution in [0.15, 0.2) is 90.3 Å². The van der Waals surface area contributed by atoms with Crippen LogP contribution in [0.3, 0.4) is 0 Å². The Hall–Kier alpha value is -4.18.